The summed E-state index contributed by atoms with van der Waals surface area (Å²) < 4.78 is 89.1. The first-order valence-electron chi connectivity index (χ1n) is 30.0. The number of piperidine rings is 2. The number of benzene rings is 6. The van der Waals surface area contributed by atoms with Crippen molar-refractivity contribution in [1.82, 2.24) is 53.8 Å². The van der Waals surface area contributed by atoms with Crippen molar-refractivity contribution in [3.05, 3.63) is 187 Å². The largest absolute Gasteiger partial charge is 0.388 e. The van der Waals surface area contributed by atoms with Gasteiger partial charge in [0, 0.05) is 96.0 Å². The first-order valence-corrected chi connectivity index (χ1v) is 34.3. The zero-order chi connectivity index (χ0) is 65.5. The first kappa shape index (κ1) is 67.0. The van der Waals surface area contributed by atoms with Gasteiger partial charge in [0.05, 0.1) is 44.1 Å². The van der Waals surface area contributed by atoms with Gasteiger partial charge >= 0.3 is 0 Å². The Labute approximate surface area is 537 Å². The Bertz CT molecular complexity index is 4250. The lowest BCUT2D eigenvalue weighted by Crippen LogP contribution is -2.47. The average molecular weight is 1320 g/mol. The predicted octanol–water partition coefficient (Wildman–Crippen LogP) is 6.35. The van der Waals surface area contributed by atoms with Gasteiger partial charge in [-0.25, -0.2) is 66.1 Å². The molecule has 7 N–H and O–H groups in total. The predicted molar refractivity (Wildman–Crippen MR) is 345 cm³/mol. The van der Waals surface area contributed by atoms with Crippen LogP contribution in [0, 0.1) is 11.8 Å². The molecule has 93 heavy (non-hydrogen) atoms. The minimum atomic E-state index is -3.66. The molecule has 29 heteroatoms. The van der Waals surface area contributed by atoms with Crippen LogP contribution in [0.5, 0.6) is 0 Å². The highest BCUT2D eigenvalue weighted by Gasteiger charge is 2.33. The van der Waals surface area contributed by atoms with Crippen LogP contribution in [0.25, 0.3) is 32.3 Å². The summed E-state index contributed by atoms with van der Waals surface area (Å²) in [5, 5.41) is 37.9. The number of Topliss-reactive ketones (excluding diaryl/α,β-unsaturated/α-hetero) is 1. The number of aryl methyl sites for hydroxylation is 1. The van der Waals surface area contributed by atoms with Crippen LogP contribution in [-0.2, 0) is 41.2 Å². The molecule has 0 saturated carbocycles. The number of ether oxygens (including phenoxy) is 1. The van der Waals surface area contributed by atoms with E-state index >= 15 is 0 Å². The smallest absolute Gasteiger partial charge is 0.277 e. The molecular formula is C64H69N13O13S3. The number of carbonyl (C=O) groups excluding carboxylic acids is 3. The van der Waals surface area contributed by atoms with E-state index in [1.165, 1.54) is 52.4 Å². The minimum absolute atomic E-state index is 0.105. The number of aromatic nitrogens is 6. The van der Waals surface area contributed by atoms with Crippen molar-refractivity contribution in [1.29, 1.82) is 0 Å². The first-order chi connectivity index (χ1) is 44.9. The second-order valence-corrected chi connectivity index (χ2v) is 28.2. The summed E-state index contributed by atoms with van der Waals surface area (Å²) in [6, 6.07) is 38.7. The molecule has 6 heterocycles. The number of aliphatic hydroxyl groups excluding tert-OH is 1. The van der Waals surface area contributed by atoms with Gasteiger partial charge in [-0.3, -0.25) is 24.8 Å². The molecule has 3 aliphatic rings. The van der Waals surface area contributed by atoms with Gasteiger partial charge in [0.25, 0.3) is 11.8 Å². The summed E-state index contributed by atoms with van der Waals surface area (Å²) in [7, 11) is -10.7. The summed E-state index contributed by atoms with van der Waals surface area (Å²) in [6.07, 6.45) is 12.4. The maximum atomic E-state index is 13.2. The average Bonchev–Trinajstić information content (AvgIpc) is 0.840. The van der Waals surface area contributed by atoms with Crippen LogP contribution < -0.4 is 21.6 Å². The lowest BCUT2D eigenvalue weighted by atomic mass is 9.93. The standard InChI is InChI=1S/C23H25N3O4S.C21H23N5O4S.C20H21N5O5S/c27-16-22(28)20-14-24-23(25-15-20)8-5-17-9-11-26(12-10-17)31(29,30)21-7-6-18-3-1-2-4-19(18)13-21;27-20(25-28)18-12-23-21(24-13-18)22-11-15-4-3-9-26(14-15)31(29,30)19-8-7-16-5-1-2-6-17(16)10-19;26-19(24-27)16-10-21-20(22-11-16)23-12-17-13-25(7-8-30-17)31(28,29)18-6-5-14-3-1-2-4-15(14)9-18/h1-4,6-7,13-15,17,27H,5,8-12,16H2;1-2,5-8,10,12-13,15,28H,3-4,9,11,14H2,(H,25,27)(H,22,23,24);1-6,9-11,17,27H,7-8,12-13H2,(H,24,26)(H,21,22,23). The van der Waals surface area contributed by atoms with Crippen molar-refractivity contribution in [2.24, 2.45) is 11.8 Å². The second-order valence-electron chi connectivity index (χ2n) is 22.3. The Balaban J connectivity index is 0.000000153. The molecule has 3 aromatic heterocycles. The van der Waals surface area contributed by atoms with Crippen LogP contribution in [0.2, 0.25) is 0 Å². The Kier molecular flexibility index (Phi) is 22.1. The van der Waals surface area contributed by atoms with E-state index in [2.05, 4.69) is 40.5 Å². The number of aliphatic hydroxyl groups is 1. The second kappa shape index (κ2) is 30.7. The van der Waals surface area contributed by atoms with Crippen LogP contribution in [0.1, 0.15) is 69.0 Å². The molecule has 0 radical (unpaired) electrons. The maximum Gasteiger partial charge on any atom is 0.277 e. The van der Waals surface area contributed by atoms with E-state index in [1.54, 1.807) is 51.1 Å². The highest BCUT2D eigenvalue weighted by Crippen LogP contribution is 2.30. The Hall–Kier alpha value is -8.88. The normalized spacial score (nSPS) is 16.9. The molecule has 2 atom stereocenters. The third kappa shape index (κ3) is 16.9. The zero-order valence-corrected chi connectivity index (χ0v) is 52.8. The number of morpholine rings is 1. The van der Waals surface area contributed by atoms with E-state index < -0.39 is 60.4 Å². The molecule has 3 fully saturated rings. The third-order valence-electron chi connectivity index (χ3n) is 16.2. The summed E-state index contributed by atoms with van der Waals surface area (Å²) in [6.45, 7) is 2.89. The van der Waals surface area contributed by atoms with Crippen molar-refractivity contribution in [2.45, 2.75) is 59.3 Å². The molecular weight excluding hydrogens is 1250 g/mol. The number of anilines is 2. The van der Waals surface area contributed by atoms with E-state index in [-0.39, 0.29) is 54.1 Å². The molecule has 2 amide bonds. The summed E-state index contributed by atoms with van der Waals surface area (Å²) >= 11 is 0. The van der Waals surface area contributed by atoms with Gasteiger partial charge < -0.3 is 20.5 Å². The molecule has 0 spiro atoms. The molecule has 3 saturated heterocycles. The van der Waals surface area contributed by atoms with Crippen LogP contribution in [0.4, 0.5) is 11.9 Å². The van der Waals surface area contributed by atoms with Crippen LogP contribution in [0.15, 0.2) is 179 Å². The lowest BCUT2D eigenvalue weighted by Gasteiger charge is -2.32. The number of nitrogens with one attached hydrogen (secondary N) is 4. The number of rotatable bonds is 19. The number of fused-ring (bicyclic) bond motifs is 3. The lowest BCUT2D eigenvalue weighted by molar-refractivity contribution is 0.00674. The van der Waals surface area contributed by atoms with E-state index in [0.29, 0.717) is 72.2 Å². The van der Waals surface area contributed by atoms with Crippen LogP contribution >= 0.6 is 0 Å². The highest BCUT2D eigenvalue weighted by atomic mass is 32.2. The summed E-state index contributed by atoms with van der Waals surface area (Å²) in [5.41, 5.74) is 3.58. The van der Waals surface area contributed by atoms with Crippen molar-refractivity contribution >= 4 is 91.9 Å². The SMILES string of the molecule is O=C(CO)c1cnc(CCC2CCN(S(=O)(=O)c3ccc4ccccc4c3)CC2)nc1.O=C(NO)c1cnc(NCC2CCCN(S(=O)(=O)c3ccc4ccccc4c3)C2)nc1.O=C(NO)c1cnc(NCC2CN(S(=O)(=O)c3ccc4ccccc4c3)CCO2)nc1. The Morgan fingerprint density at radius 1 is 0.484 bits per heavy atom. The van der Waals surface area contributed by atoms with E-state index in [4.69, 9.17) is 20.3 Å². The van der Waals surface area contributed by atoms with Crippen LogP contribution in [-0.4, -0.2) is 173 Å². The number of hydroxylamine groups is 2. The van der Waals surface area contributed by atoms with Crippen molar-refractivity contribution < 1.29 is 59.9 Å². The Morgan fingerprint density at radius 3 is 1.38 bits per heavy atom. The van der Waals surface area contributed by atoms with Crippen molar-refractivity contribution in [2.75, 3.05) is 76.2 Å². The van der Waals surface area contributed by atoms with Gasteiger partial charge in [0.2, 0.25) is 42.0 Å². The zero-order valence-electron chi connectivity index (χ0n) is 50.3. The number of ketones is 1. The number of hydrogen-bond acceptors (Lipinski definition) is 21. The quantitative estimate of drug-likeness (QED) is 0.0263. The highest BCUT2D eigenvalue weighted by molar-refractivity contribution is 7.89. The summed E-state index contributed by atoms with van der Waals surface area (Å²) in [4.78, 5) is 59.4. The molecule has 2 unspecified atom stereocenters. The van der Waals surface area contributed by atoms with E-state index in [9.17, 15) is 39.6 Å². The van der Waals surface area contributed by atoms with Gasteiger partial charge in [0.1, 0.15) is 12.4 Å². The molecule has 9 aromatic rings. The van der Waals surface area contributed by atoms with Gasteiger partial charge in [-0.1, -0.05) is 91.0 Å². The number of hydrogen-bond donors (Lipinski definition) is 7. The topological polar surface area (TPSA) is 359 Å². The van der Waals surface area contributed by atoms with Gasteiger partial charge in [-0.2, -0.15) is 12.9 Å². The number of sulfonamides is 3. The molecule has 12 rings (SSSR count). The fourth-order valence-corrected chi connectivity index (χ4v) is 15.6. The summed E-state index contributed by atoms with van der Waals surface area (Å²) in [5.74, 6) is -0.0349. The van der Waals surface area contributed by atoms with Crippen molar-refractivity contribution in [3.63, 3.8) is 0 Å². The number of carbonyl (C=O) groups is 3. The Morgan fingerprint density at radius 2 is 0.914 bits per heavy atom. The minimum Gasteiger partial charge on any atom is -0.388 e. The molecule has 0 aliphatic carbocycles. The van der Waals surface area contributed by atoms with E-state index in [0.717, 1.165) is 64.4 Å². The van der Waals surface area contributed by atoms with Gasteiger partial charge in [0.15, 0.2) is 5.78 Å². The third-order valence-corrected chi connectivity index (χ3v) is 21.9. The van der Waals surface area contributed by atoms with Crippen LogP contribution in [0.3, 0.4) is 0 Å². The van der Waals surface area contributed by atoms with Gasteiger partial charge in [-0.15, -0.1) is 0 Å². The van der Waals surface area contributed by atoms with E-state index in [1.807, 2.05) is 84.9 Å². The number of amides is 2. The molecule has 3 aliphatic heterocycles. The molecule has 6 aromatic carbocycles. The maximum absolute atomic E-state index is 13.2. The molecule has 486 valence electrons. The van der Waals surface area contributed by atoms with Gasteiger partial charge in [-0.05, 0) is 113 Å². The molecule has 26 nitrogen and oxygen atoms in total. The van der Waals surface area contributed by atoms with Crippen molar-refractivity contribution in [3.8, 4) is 0 Å². The fourth-order valence-electron chi connectivity index (χ4n) is 11.0. The fraction of sp³-hybridized carbons (Fsp3) is 0.297. The molecule has 0 bridgehead atoms. The number of nitrogens with zero attached hydrogens (tertiary/aromatic N) is 9. The monoisotopic (exact) mass is 1320 g/mol.